The van der Waals surface area contributed by atoms with Crippen LogP contribution in [-0.2, 0) is 0 Å². The first-order valence-corrected chi connectivity index (χ1v) is 9.98. The van der Waals surface area contributed by atoms with E-state index in [-0.39, 0.29) is 5.02 Å². The van der Waals surface area contributed by atoms with Crippen molar-refractivity contribution in [3.63, 3.8) is 0 Å². The third-order valence-electron chi connectivity index (χ3n) is 5.26. The van der Waals surface area contributed by atoms with Crippen LogP contribution in [0.15, 0.2) is 36.8 Å². The Kier molecular flexibility index (Phi) is 4.80. The molecule has 5 rings (SSSR count). The maximum atomic E-state index is 13.5. The van der Waals surface area contributed by atoms with Gasteiger partial charge in [0.2, 0.25) is 5.95 Å². The third kappa shape index (κ3) is 3.59. The Hall–Kier alpha value is -3.11. The molecule has 4 heterocycles. The Labute approximate surface area is 176 Å². The Balaban J connectivity index is 1.40. The average Bonchev–Trinajstić information content (AvgIpc) is 3.38. The van der Waals surface area contributed by atoms with Gasteiger partial charge in [0, 0.05) is 6.20 Å². The molecule has 3 aromatic heterocycles. The van der Waals surface area contributed by atoms with E-state index < -0.39 is 5.82 Å². The lowest BCUT2D eigenvalue weighted by molar-refractivity contribution is 0.212. The molecule has 154 valence electrons. The first-order chi connectivity index (χ1) is 14.6. The minimum atomic E-state index is -0.497. The van der Waals surface area contributed by atoms with Crippen LogP contribution < -0.4 is 5.32 Å². The molecule has 1 aliphatic heterocycles. The molecule has 4 aromatic rings. The summed E-state index contributed by atoms with van der Waals surface area (Å²) in [5, 5.41) is 15.8. The molecule has 9 nitrogen and oxygen atoms in total. The van der Waals surface area contributed by atoms with Gasteiger partial charge < -0.3 is 10.2 Å². The van der Waals surface area contributed by atoms with Crippen molar-refractivity contribution in [2.24, 2.45) is 0 Å². The largest absolute Gasteiger partial charge is 0.321 e. The van der Waals surface area contributed by atoms with Gasteiger partial charge in [0.25, 0.3) is 0 Å². The molecule has 0 atom stereocenters. The van der Waals surface area contributed by atoms with E-state index in [1.807, 2.05) is 10.9 Å². The Morgan fingerprint density at radius 1 is 1.20 bits per heavy atom. The number of hydrogen-bond donors (Lipinski definition) is 1. The molecule has 1 aliphatic rings. The van der Waals surface area contributed by atoms with Gasteiger partial charge in [-0.2, -0.15) is 14.8 Å². The van der Waals surface area contributed by atoms with Crippen LogP contribution in [0.5, 0.6) is 0 Å². The van der Waals surface area contributed by atoms with Crippen molar-refractivity contribution in [3.8, 4) is 5.69 Å². The number of aromatic nitrogens is 7. The van der Waals surface area contributed by atoms with Crippen LogP contribution in [0.3, 0.4) is 0 Å². The topological polar surface area (TPSA) is 89.6 Å². The average molecular weight is 428 g/mol. The molecule has 1 fully saturated rings. The number of anilines is 2. The minimum absolute atomic E-state index is 0.00451. The highest BCUT2D eigenvalue weighted by atomic mass is 35.5. The highest BCUT2D eigenvalue weighted by molar-refractivity contribution is 6.30. The first kappa shape index (κ1) is 18.9. The van der Waals surface area contributed by atoms with E-state index in [9.17, 15) is 4.39 Å². The molecule has 0 unspecified atom stereocenters. The Bertz CT molecular complexity index is 1200. The molecule has 0 amide bonds. The van der Waals surface area contributed by atoms with Gasteiger partial charge in [0.15, 0.2) is 11.2 Å². The summed E-state index contributed by atoms with van der Waals surface area (Å²) in [6, 6.07) is 4.72. The lowest BCUT2D eigenvalue weighted by atomic mass is 10.1. The second kappa shape index (κ2) is 7.62. The summed E-state index contributed by atoms with van der Waals surface area (Å²) in [6.07, 6.45) is 7.47. The van der Waals surface area contributed by atoms with E-state index in [0.29, 0.717) is 28.8 Å². The quantitative estimate of drug-likeness (QED) is 0.534. The number of fused-ring (bicyclic) bond motifs is 1. The molecule has 11 heteroatoms. The van der Waals surface area contributed by atoms with Crippen LogP contribution in [0.4, 0.5) is 16.0 Å². The standard InChI is InChI=1S/C19H19ClFN9/c1-28-6-4-13(5-7-28)29-11-12(9-23-29)24-19-22-10-17-18(25-19)30(27-26-17)14-2-3-16(21)15(20)8-14/h2-3,8-11,13H,4-7H2,1H3,(H,22,24,25). The fourth-order valence-electron chi connectivity index (χ4n) is 3.57. The van der Waals surface area contributed by atoms with E-state index in [0.717, 1.165) is 31.6 Å². The molecule has 0 aliphatic carbocycles. The summed E-state index contributed by atoms with van der Waals surface area (Å²) in [6.45, 7) is 2.13. The number of benzene rings is 1. The maximum absolute atomic E-state index is 13.5. The SMILES string of the molecule is CN1CCC(n2cc(Nc3ncc4nnn(-c5ccc(F)c(Cl)c5)c4n3)cn2)CC1. The van der Waals surface area contributed by atoms with Crippen molar-refractivity contribution >= 4 is 34.4 Å². The lowest BCUT2D eigenvalue weighted by Crippen LogP contribution is -2.31. The van der Waals surface area contributed by atoms with Crippen molar-refractivity contribution in [3.05, 3.63) is 47.6 Å². The summed E-state index contributed by atoms with van der Waals surface area (Å²) < 4.78 is 17.0. The van der Waals surface area contributed by atoms with E-state index in [1.165, 1.54) is 16.8 Å². The third-order valence-corrected chi connectivity index (χ3v) is 5.55. The summed E-state index contributed by atoms with van der Waals surface area (Å²) >= 11 is 5.90. The fraction of sp³-hybridized carbons (Fsp3) is 0.316. The predicted molar refractivity (Wildman–Crippen MR) is 111 cm³/mol. The molecule has 0 bridgehead atoms. The molecule has 0 saturated carbocycles. The zero-order valence-corrected chi connectivity index (χ0v) is 17.0. The van der Waals surface area contributed by atoms with Gasteiger partial charge in [0.1, 0.15) is 5.82 Å². The van der Waals surface area contributed by atoms with Crippen LogP contribution in [0, 0.1) is 5.82 Å². The maximum Gasteiger partial charge on any atom is 0.229 e. The number of halogens is 2. The Morgan fingerprint density at radius 2 is 2.03 bits per heavy atom. The van der Waals surface area contributed by atoms with Crippen LogP contribution in [0.2, 0.25) is 5.02 Å². The first-order valence-electron chi connectivity index (χ1n) is 9.60. The number of nitrogens with zero attached hydrogens (tertiary/aromatic N) is 8. The number of hydrogen-bond acceptors (Lipinski definition) is 7. The Morgan fingerprint density at radius 3 is 2.83 bits per heavy atom. The molecule has 1 N–H and O–H groups in total. The molecular formula is C19H19ClFN9. The zero-order valence-electron chi connectivity index (χ0n) is 16.2. The van der Waals surface area contributed by atoms with Crippen molar-refractivity contribution in [1.29, 1.82) is 0 Å². The van der Waals surface area contributed by atoms with Gasteiger partial charge in [-0.05, 0) is 51.2 Å². The smallest absolute Gasteiger partial charge is 0.229 e. The van der Waals surface area contributed by atoms with Crippen molar-refractivity contribution < 1.29 is 4.39 Å². The summed E-state index contributed by atoms with van der Waals surface area (Å²) in [4.78, 5) is 11.2. The second-order valence-corrected chi connectivity index (χ2v) is 7.78. The van der Waals surface area contributed by atoms with Gasteiger partial charge in [-0.1, -0.05) is 16.8 Å². The van der Waals surface area contributed by atoms with Gasteiger partial charge in [-0.25, -0.2) is 9.37 Å². The molecule has 1 aromatic carbocycles. The predicted octanol–water partition coefficient (Wildman–Crippen LogP) is 3.21. The van der Waals surface area contributed by atoms with E-state index in [1.54, 1.807) is 18.5 Å². The highest BCUT2D eigenvalue weighted by Gasteiger charge is 2.19. The molecule has 1 saturated heterocycles. The van der Waals surface area contributed by atoms with Crippen LogP contribution in [0.1, 0.15) is 18.9 Å². The molecule has 30 heavy (non-hydrogen) atoms. The highest BCUT2D eigenvalue weighted by Crippen LogP contribution is 2.24. The van der Waals surface area contributed by atoms with E-state index in [4.69, 9.17) is 11.6 Å². The fourth-order valence-corrected chi connectivity index (χ4v) is 3.74. The minimum Gasteiger partial charge on any atom is -0.321 e. The molecule has 0 spiro atoms. The van der Waals surface area contributed by atoms with Crippen molar-refractivity contribution in [1.82, 2.24) is 39.6 Å². The van der Waals surface area contributed by atoms with Crippen molar-refractivity contribution in [2.45, 2.75) is 18.9 Å². The summed E-state index contributed by atoms with van der Waals surface area (Å²) in [7, 11) is 2.14. The van der Waals surface area contributed by atoms with E-state index in [2.05, 4.69) is 42.6 Å². The van der Waals surface area contributed by atoms with Crippen LogP contribution in [-0.4, -0.2) is 59.8 Å². The van der Waals surface area contributed by atoms with Gasteiger partial charge in [-0.3, -0.25) is 4.68 Å². The van der Waals surface area contributed by atoms with E-state index >= 15 is 0 Å². The zero-order chi connectivity index (χ0) is 20.7. The van der Waals surface area contributed by atoms with Crippen LogP contribution >= 0.6 is 11.6 Å². The van der Waals surface area contributed by atoms with Gasteiger partial charge >= 0.3 is 0 Å². The molecule has 0 radical (unpaired) electrons. The number of rotatable bonds is 4. The number of likely N-dealkylation sites (tertiary alicyclic amines) is 1. The lowest BCUT2D eigenvalue weighted by Gasteiger charge is -2.28. The molecular weight excluding hydrogens is 409 g/mol. The summed E-state index contributed by atoms with van der Waals surface area (Å²) in [5.74, 6) is -0.106. The summed E-state index contributed by atoms with van der Waals surface area (Å²) in [5.41, 5.74) is 2.36. The van der Waals surface area contributed by atoms with Crippen molar-refractivity contribution in [2.75, 3.05) is 25.5 Å². The van der Waals surface area contributed by atoms with Gasteiger partial charge in [0.05, 0.1) is 34.8 Å². The van der Waals surface area contributed by atoms with Gasteiger partial charge in [-0.15, -0.1) is 5.10 Å². The number of nitrogens with one attached hydrogen (secondary N) is 1. The van der Waals surface area contributed by atoms with Crippen LogP contribution in [0.25, 0.3) is 16.9 Å². The normalized spacial score (nSPS) is 15.7. The monoisotopic (exact) mass is 427 g/mol. The second-order valence-electron chi connectivity index (χ2n) is 7.37. The number of piperidine rings is 1.